The van der Waals surface area contributed by atoms with Crippen molar-refractivity contribution in [2.45, 2.75) is 12.8 Å². The van der Waals surface area contributed by atoms with Crippen molar-refractivity contribution in [3.8, 4) is 0 Å². The Hall–Kier alpha value is -1.00. The number of anilines is 1. The smallest absolute Gasteiger partial charge is 0.358 e. The van der Waals surface area contributed by atoms with Gasteiger partial charge in [0.15, 0.2) is 5.69 Å². The molecule has 0 radical (unpaired) electrons. The average molecular weight is 275 g/mol. The number of rotatable bonds is 4. The van der Waals surface area contributed by atoms with Gasteiger partial charge in [-0.05, 0) is 18.8 Å². The van der Waals surface area contributed by atoms with E-state index in [1.807, 2.05) is 0 Å². The van der Waals surface area contributed by atoms with Crippen molar-refractivity contribution in [2.24, 2.45) is 5.92 Å². The van der Waals surface area contributed by atoms with Gasteiger partial charge in [0.05, 0.1) is 17.8 Å². The fraction of sp³-hybridized carbons (Fsp3) is 0.455. The summed E-state index contributed by atoms with van der Waals surface area (Å²) in [4.78, 5) is 15.3. The van der Waals surface area contributed by atoms with Crippen molar-refractivity contribution in [3.63, 3.8) is 0 Å². The third-order valence-corrected chi connectivity index (χ3v) is 3.16. The lowest BCUT2D eigenvalue weighted by Gasteiger charge is -2.10. The zero-order valence-corrected chi connectivity index (χ0v) is 10.8. The molecule has 1 fully saturated rings. The normalized spacial score (nSPS) is 14.5. The van der Waals surface area contributed by atoms with Crippen LogP contribution in [-0.4, -0.2) is 24.6 Å². The summed E-state index contributed by atoms with van der Waals surface area (Å²) in [6.07, 6.45) is 2.46. The van der Waals surface area contributed by atoms with Gasteiger partial charge in [-0.2, -0.15) is 0 Å². The van der Waals surface area contributed by atoms with E-state index in [4.69, 9.17) is 23.2 Å². The molecule has 0 aliphatic heterocycles. The van der Waals surface area contributed by atoms with Crippen molar-refractivity contribution < 1.29 is 9.53 Å². The van der Waals surface area contributed by atoms with Crippen LogP contribution in [-0.2, 0) is 4.74 Å². The zero-order chi connectivity index (χ0) is 12.4. The minimum Gasteiger partial charge on any atom is -0.464 e. The highest BCUT2D eigenvalue weighted by atomic mass is 35.5. The first-order chi connectivity index (χ1) is 8.11. The Balaban J connectivity index is 2.23. The molecule has 4 nitrogen and oxygen atoms in total. The second-order valence-electron chi connectivity index (χ2n) is 3.97. The van der Waals surface area contributed by atoms with E-state index in [1.54, 1.807) is 6.07 Å². The molecule has 0 bridgehead atoms. The summed E-state index contributed by atoms with van der Waals surface area (Å²) < 4.78 is 4.59. The van der Waals surface area contributed by atoms with Crippen molar-refractivity contribution >= 4 is 34.9 Å². The largest absolute Gasteiger partial charge is 0.464 e. The van der Waals surface area contributed by atoms with E-state index in [2.05, 4.69) is 15.0 Å². The molecule has 1 aromatic rings. The van der Waals surface area contributed by atoms with Crippen LogP contribution in [0.2, 0.25) is 10.2 Å². The second-order valence-corrected chi connectivity index (χ2v) is 4.74. The third-order valence-electron chi connectivity index (χ3n) is 2.58. The average Bonchev–Trinajstić information content (AvgIpc) is 3.12. The number of halogens is 2. The molecule has 1 N–H and O–H groups in total. The quantitative estimate of drug-likeness (QED) is 0.678. The van der Waals surface area contributed by atoms with Crippen LogP contribution in [0.3, 0.4) is 0 Å². The number of pyridine rings is 1. The molecular weight excluding hydrogens is 263 g/mol. The molecular formula is C11H12Cl2N2O2. The summed E-state index contributed by atoms with van der Waals surface area (Å²) in [5.41, 5.74) is 0.666. The highest BCUT2D eigenvalue weighted by molar-refractivity contribution is 6.37. The van der Waals surface area contributed by atoms with Crippen LogP contribution in [0.4, 0.5) is 5.69 Å². The lowest BCUT2D eigenvalue weighted by atomic mass is 10.3. The van der Waals surface area contributed by atoms with Crippen LogP contribution in [0.5, 0.6) is 0 Å². The summed E-state index contributed by atoms with van der Waals surface area (Å²) >= 11 is 11.9. The third kappa shape index (κ3) is 3.01. The zero-order valence-electron chi connectivity index (χ0n) is 9.30. The van der Waals surface area contributed by atoms with E-state index < -0.39 is 5.97 Å². The lowest BCUT2D eigenvalue weighted by Crippen LogP contribution is -2.10. The minimum absolute atomic E-state index is 0.0416. The number of carbonyl (C=O) groups excluding carboxylic acids is 1. The highest BCUT2D eigenvalue weighted by Crippen LogP contribution is 2.32. The molecule has 1 aliphatic rings. The second kappa shape index (κ2) is 5.10. The van der Waals surface area contributed by atoms with E-state index in [0.717, 1.165) is 6.54 Å². The Labute approximate surface area is 109 Å². The maximum Gasteiger partial charge on any atom is 0.358 e. The van der Waals surface area contributed by atoms with E-state index in [9.17, 15) is 4.79 Å². The van der Waals surface area contributed by atoms with Crippen LogP contribution in [0.15, 0.2) is 6.07 Å². The molecule has 1 saturated carbocycles. The van der Waals surface area contributed by atoms with Gasteiger partial charge in [-0.1, -0.05) is 23.2 Å². The minimum atomic E-state index is -0.591. The Kier molecular flexibility index (Phi) is 3.74. The highest BCUT2D eigenvalue weighted by Gasteiger charge is 2.22. The van der Waals surface area contributed by atoms with Crippen molar-refractivity contribution in [1.29, 1.82) is 0 Å². The van der Waals surface area contributed by atoms with Crippen LogP contribution < -0.4 is 5.32 Å². The standard InChI is InChI=1S/C11H12Cl2N2O2/c1-17-11(16)10-9(13)7(4-8(12)15-10)14-5-6-2-3-6/h4,6H,2-3,5H2,1H3,(H,14,15). The fourth-order valence-corrected chi connectivity index (χ4v) is 1.87. The Morgan fingerprint density at radius 2 is 2.29 bits per heavy atom. The number of carbonyl (C=O) groups is 1. The summed E-state index contributed by atoms with van der Waals surface area (Å²) in [5, 5.41) is 3.64. The Bertz CT molecular complexity index is 447. The van der Waals surface area contributed by atoms with Crippen LogP contribution >= 0.6 is 23.2 Å². The van der Waals surface area contributed by atoms with E-state index in [0.29, 0.717) is 11.6 Å². The topological polar surface area (TPSA) is 51.2 Å². The number of hydrogen-bond acceptors (Lipinski definition) is 4. The van der Waals surface area contributed by atoms with Gasteiger partial charge in [-0.3, -0.25) is 0 Å². The number of nitrogens with one attached hydrogen (secondary N) is 1. The summed E-state index contributed by atoms with van der Waals surface area (Å²) in [6.45, 7) is 0.834. The van der Waals surface area contributed by atoms with Crippen molar-refractivity contribution in [2.75, 3.05) is 19.0 Å². The van der Waals surface area contributed by atoms with E-state index in [-0.39, 0.29) is 15.9 Å². The molecule has 1 aromatic heterocycles. The van der Waals surface area contributed by atoms with Crippen molar-refractivity contribution in [3.05, 3.63) is 21.9 Å². The van der Waals surface area contributed by atoms with Gasteiger partial charge < -0.3 is 10.1 Å². The number of methoxy groups -OCH3 is 1. The van der Waals surface area contributed by atoms with Crippen LogP contribution in [0.25, 0.3) is 0 Å². The summed E-state index contributed by atoms with van der Waals surface area (Å²) in [7, 11) is 1.28. The molecule has 0 amide bonds. The molecule has 0 spiro atoms. The fourth-order valence-electron chi connectivity index (χ4n) is 1.44. The molecule has 0 atom stereocenters. The molecule has 1 aliphatic carbocycles. The van der Waals surface area contributed by atoms with Crippen molar-refractivity contribution in [1.82, 2.24) is 4.98 Å². The van der Waals surface area contributed by atoms with Crippen LogP contribution in [0, 0.1) is 5.92 Å². The SMILES string of the molecule is COC(=O)c1nc(Cl)cc(NCC2CC2)c1Cl. The molecule has 6 heteroatoms. The monoisotopic (exact) mass is 274 g/mol. The number of aromatic nitrogens is 1. The van der Waals surface area contributed by atoms with Gasteiger partial charge in [0.2, 0.25) is 0 Å². The maximum atomic E-state index is 11.4. The first-order valence-electron chi connectivity index (χ1n) is 5.30. The number of esters is 1. The van der Waals surface area contributed by atoms with E-state index in [1.165, 1.54) is 20.0 Å². The van der Waals surface area contributed by atoms with Gasteiger partial charge in [0.1, 0.15) is 5.15 Å². The van der Waals surface area contributed by atoms with Gasteiger partial charge in [-0.15, -0.1) is 0 Å². The lowest BCUT2D eigenvalue weighted by molar-refractivity contribution is 0.0594. The maximum absolute atomic E-state index is 11.4. The van der Waals surface area contributed by atoms with Gasteiger partial charge >= 0.3 is 5.97 Å². The van der Waals surface area contributed by atoms with Gasteiger partial charge in [-0.25, -0.2) is 9.78 Å². The first kappa shape index (κ1) is 12.5. The Morgan fingerprint density at radius 1 is 1.59 bits per heavy atom. The van der Waals surface area contributed by atoms with E-state index >= 15 is 0 Å². The molecule has 0 aromatic carbocycles. The summed E-state index contributed by atoms with van der Waals surface area (Å²) in [5.74, 6) is 0.103. The number of ether oxygens (including phenoxy) is 1. The molecule has 2 rings (SSSR count). The molecule has 17 heavy (non-hydrogen) atoms. The molecule has 92 valence electrons. The predicted molar refractivity (Wildman–Crippen MR) is 66.8 cm³/mol. The molecule has 0 saturated heterocycles. The van der Waals surface area contributed by atoms with Gasteiger partial charge in [0.25, 0.3) is 0 Å². The Morgan fingerprint density at radius 3 is 2.88 bits per heavy atom. The predicted octanol–water partition coefficient (Wildman–Crippen LogP) is 3.00. The number of nitrogens with zero attached hydrogens (tertiary/aromatic N) is 1. The number of hydrogen-bond donors (Lipinski definition) is 1. The molecule has 0 unspecified atom stereocenters. The van der Waals surface area contributed by atoms with Crippen LogP contribution in [0.1, 0.15) is 23.3 Å². The molecule has 1 heterocycles. The first-order valence-corrected chi connectivity index (χ1v) is 6.05. The van der Waals surface area contributed by atoms with Gasteiger partial charge in [0, 0.05) is 12.6 Å². The summed E-state index contributed by atoms with van der Waals surface area (Å²) in [6, 6.07) is 1.61.